The summed E-state index contributed by atoms with van der Waals surface area (Å²) in [6.45, 7) is 3.47. The van der Waals surface area contributed by atoms with Crippen molar-refractivity contribution in [3.05, 3.63) is 60.0 Å². The number of aryl methyl sites for hydroxylation is 1. The topological polar surface area (TPSA) is 110 Å². The monoisotopic (exact) mass is 378 g/mol. The van der Waals surface area contributed by atoms with Gasteiger partial charge in [0, 0.05) is 37.3 Å². The number of hydrogen-bond acceptors (Lipinski definition) is 4. The molecule has 0 radical (unpaired) electrons. The highest BCUT2D eigenvalue weighted by atomic mass is 16.2. The first-order valence-corrected chi connectivity index (χ1v) is 9.28. The van der Waals surface area contributed by atoms with E-state index in [1.54, 1.807) is 15.8 Å². The first-order chi connectivity index (χ1) is 13.6. The van der Waals surface area contributed by atoms with Crippen LogP contribution in [0, 0.1) is 5.92 Å². The minimum Gasteiger partial charge on any atom is -0.369 e. The third-order valence-corrected chi connectivity index (χ3v) is 5.32. The molecule has 3 aromatic rings. The lowest BCUT2D eigenvalue weighted by Gasteiger charge is -2.16. The van der Waals surface area contributed by atoms with E-state index >= 15 is 0 Å². The summed E-state index contributed by atoms with van der Waals surface area (Å²) in [7, 11) is 0. The van der Waals surface area contributed by atoms with Crippen LogP contribution in [-0.2, 0) is 11.3 Å². The van der Waals surface area contributed by atoms with Gasteiger partial charge in [0.05, 0.1) is 29.6 Å². The minimum atomic E-state index is -0.412. The maximum absolute atomic E-state index is 13.2. The second-order valence-corrected chi connectivity index (χ2v) is 6.98. The molecule has 3 N–H and O–H groups in total. The standard InChI is InChI=1S/C20H22N6O2/c1-2-26-10-14(8-23-26)18-15(9-22-24-18)20(28)25-11-16(17(12-25)19(21)27)13-6-4-3-5-7-13/h3-10,16-17H,2,11-12H2,1H3,(H2,21,27)(H,22,24)/t16-,17+/m1/s1. The number of carbonyl (C=O) groups excluding carboxylic acids is 2. The Hall–Kier alpha value is -3.42. The highest BCUT2D eigenvalue weighted by Crippen LogP contribution is 2.34. The SMILES string of the molecule is CCn1cc(-c2[nH]ncc2C(=O)N2C[C@H](C(N)=O)[C@@H](c3ccccc3)C2)cn1. The fraction of sp³-hybridized carbons (Fsp3) is 0.300. The Morgan fingerprint density at radius 3 is 2.68 bits per heavy atom. The molecule has 0 saturated carbocycles. The fourth-order valence-electron chi connectivity index (χ4n) is 3.80. The van der Waals surface area contributed by atoms with Crippen molar-refractivity contribution in [3.8, 4) is 11.3 Å². The van der Waals surface area contributed by atoms with Crippen LogP contribution in [0.25, 0.3) is 11.3 Å². The summed E-state index contributed by atoms with van der Waals surface area (Å²) in [5.41, 5.74) is 8.54. The summed E-state index contributed by atoms with van der Waals surface area (Å²) in [4.78, 5) is 26.9. The molecule has 2 amide bonds. The highest BCUT2D eigenvalue weighted by Gasteiger charge is 2.40. The maximum atomic E-state index is 13.2. The third-order valence-electron chi connectivity index (χ3n) is 5.32. The molecule has 1 aliphatic heterocycles. The molecule has 8 nitrogen and oxygen atoms in total. The quantitative estimate of drug-likeness (QED) is 0.703. The number of H-pyrrole nitrogens is 1. The zero-order valence-electron chi connectivity index (χ0n) is 15.6. The number of carbonyl (C=O) groups is 2. The normalized spacial score (nSPS) is 19.1. The summed E-state index contributed by atoms with van der Waals surface area (Å²) in [6.07, 6.45) is 5.10. The molecule has 2 atom stereocenters. The lowest BCUT2D eigenvalue weighted by Crippen LogP contribution is -2.32. The first kappa shape index (κ1) is 18.0. The van der Waals surface area contributed by atoms with E-state index < -0.39 is 5.92 Å². The number of benzene rings is 1. The largest absolute Gasteiger partial charge is 0.369 e. The molecule has 4 rings (SSSR count). The van der Waals surface area contributed by atoms with E-state index in [2.05, 4.69) is 15.3 Å². The Bertz CT molecular complexity index is 993. The molecule has 3 heterocycles. The van der Waals surface area contributed by atoms with Gasteiger partial charge in [-0.25, -0.2) is 0 Å². The molecule has 1 aromatic carbocycles. The average molecular weight is 378 g/mol. The number of nitrogens with two attached hydrogens (primary N) is 1. The number of hydrogen-bond donors (Lipinski definition) is 2. The van der Waals surface area contributed by atoms with Crippen LogP contribution in [-0.4, -0.2) is 49.8 Å². The second kappa shape index (κ2) is 7.30. The molecule has 2 aromatic heterocycles. The number of rotatable bonds is 5. The number of aromatic nitrogens is 4. The van der Waals surface area contributed by atoms with E-state index in [9.17, 15) is 9.59 Å². The van der Waals surface area contributed by atoms with Gasteiger partial charge < -0.3 is 10.6 Å². The van der Waals surface area contributed by atoms with Crippen LogP contribution in [0.4, 0.5) is 0 Å². The van der Waals surface area contributed by atoms with Crippen LogP contribution >= 0.6 is 0 Å². The number of nitrogens with one attached hydrogen (secondary N) is 1. The van der Waals surface area contributed by atoms with Crippen molar-refractivity contribution in [3.63, 3.8) is 0 Å². The third kappa shape index (κ3) is 3.17. The average Bonchev–Trinajstić information content (AvgIpc) is 3.46. The number of primary amides is 1. The van der Waals surface area contributed by atoms with Crippen LogP contribution < -0.4 is 5.73 Å². The Morgan fingerprint density at radius 1 is 1.21 bits per heavy atom. The molecule has 0 spiro atoms. The number of aromatic amines is 1. The number of amides is 2. The van der Waals surface area contributed by atoms with Gasteiger partial charge in [-0.2, -0.15) is 10.2 Å². The molecule has 144 valence electrons. The van der Waals surface area contributed by atoms with Crippen molar-refractivity contribution in [1.82, 2.24) is 24.9 Å². The van der Waals surface area contributed by atoms with E-state index in [1.165, 1.54) is 6.20 Å². The molecule has 0 bridgehead atoms. The molecule has 0 unspecified atom stereocenters. The van der Waals surface area contributed by atoms with Crippen LogP contribution in [0.3, 0.4) is 0 Å². The molecule has 28 heavy (non-hydrogen) atoms. The van der Waals surface area contributed by atoms with Crippen molar-refractivity contribution in [1.29, 1.82) is 0 Å². The van der Waals surface area contributed by atoms with E-state index in [0.29, 0.717) is 24.3 Å². The summed E-state index contributed by atoms with van der Waals surface area (Å²) in [5, 5.41) is 11.2. The number of likely N-dealkylation sites (tertiary alicyclic amines) is 1. The lowest BCUT2D eigenvalue weighted by atomic mass is 9.89. The van der Waals surface area contributed by atoms with Crippen LogP contribution in [0.15, 0.2) is 48.9 Å². The summed E-state index contributed by atoms with van der Waals surface area (Å²) in [5.74, 6) is -1.08. The predicted octanol–water partition coefficient (Wildman–Crippen LogP) is 1.63. The van der Waals surface area contributed by atoms with Gasteiger partial charge in [0.2, 0.25) is 5.91 Å². The summed E-state index contributed by atoms with van der Waals surface area (Å²) < 4.78 is 1.79. The van der Waals surface area contributed by atoms with Gasteiger partial charge in [-0.05, 0) is 12.5 Å². The van der Waals surface area contributed by atoms with E-state index in [-0.39, 0.29) is 17.7 Å². The van der Waals surface area contributed by atoms with E-state index in [0.717, 1.165) is 17.7 Å². The molecule has 1 fully saturated rings. The van der Waals surface area contributed by atoms with Crippen LogP contribution in [0.5, 0.6) is 0 Å². The Morgan fingerprint density at radius 2 is 2.00 bits per heavy atom. The van der Waals surface area contributed by atoms with Crippen LogP contribution in [0.2, 0.25) is 0 Å². The number of nitrogens with zero attached hydrogens (tertiary/aromatic N) is 4. The Labute approximate surface area is 162 Å². The zero-order valence-corrected chi connectivity index (χ0v) is 15.6. The second-order valence-electron chi connectivity index (χ2n) is 6.98. The first-order valence-electron chi connectivity index (χ1n) is 9.28. The maximum Gasteiger partial charge on any atom is 0.257 e. The van der Waals surface area contributed by atoms with Crippen molar-refractivity contribution in [2.24, 2.45) is 11.7 Å². The summed E-state index contributed by atoms with van der Waals surface area (Å²) >= 11 is 0. The van der Waals surface area contributed by atoms with Gasteiger partial charge >= 0.3 is 0 Å². The Balaban J connectivity index is 1.61. The van der Waals surface area contributed by atoms with Crippen molar-refractivity contribution >= 4 is 11.8 Å². The molecule has 8 heteroatoms. The van der Waals surface area contributed by atoms with Crippen molar-refractivity contribution in [2.45, 2.75) is 19.4 Å². The van der Waals surface area contributed by atoms with Gasteiger partial charge in [-0.1, -0.05) is 30.3 Å². The summed E-state index contributed by atoms with van der Waals surface area (Å²) in [6, 6.07) is 9.72. The molecular formula is C20H22N6O2. The van der Waals surface area contributed by atoms with Crippen LogP contribution in [0.1, 0.15) is 28.8 Å². The predicted molar refractivity (Wildman–Crippen MR) is 103 cm³/mol. The van der Waals surface area contributed by atoms with Gasteiger partial charge in [-0.15, -0.1) is 0 Å². The molecule has 0 aliphatic carbocycles. The lowest BCUT2D eigenvalue weighted by molar-refractivity contribution is -0.121. The van der Waals surface area contributed by atoms with Gasteiger partial charge in [0.25, 0.3) is 5.91 Å². The van der Waals surface area contributed by atoms with Gasteiger partial charge in [-0.3, -0.25) is 19.4 Å². The van der Waals surface area contributed by atoms with Gasteiger partial charge in [0.15, 0.2) is 0 Å². The molecule has 1 aliphatic rings. The Kier molecular flexibility index (Phi) is 4.68. The van der Waals surface area contributed by atoms with E-state index in [4.69, 9.17) is 5.73 Å². The van der Waals surface area contributed by atoms with Crippen molar-refractivity contribution < 1.29 is 9.59 Å². The highest BCUT2D eigenvalue weighted by molar-refractivity contribution is 6.00. The molecule has 1 saturated heterocycles. The minimum absolute atomic E-state index is 0.110. The zero-order chi connectivity index (χ0) is 19.7. The fourth-order valence-corrected chi connectivity index (χ4v) is 3.80. The smallest absolute Gasteiger partial charge is 0.257 e. The molecular weight excluding hydrogens is 356 g/mol. The van der Waals surface area contributed by atoms with Crippen molar-refractivity contribution in [2.75, 3.05) is 13.1 Å². The van der Waals surface area contributed by atoms with E-state index in [1.807, 2.05) is 43.5 Å². The van der Waals surface area contributed by atoms with Gasteiger partial charge in [0.1, 0.15) is 0 Å².